The van der Waals surface area contributed by atoms with E-state index in [9.17, 15) is 4.79 Å². The molecule has 0 saturated heterocycles. The third kappa shape index (κ3) is 7.23. The van der Waals surface area contributed by atoms with Crippen LogP contribution >= 0.6 is 12.4 Å². The van der Waals surface area contributed by atoms with Crippen molar-refractivity contribution in [3.05, 3.63) is 29.3 Å². The highest BCUT2D eigenvalue weighted by Gasteiger charge is 2.27. The Hall–Kier alpha value is -1.26. The maximum Gasteiger partial charge on any atom is 0.221 e. The Kier molecular flexibility index (Phi) is 9.25. The lowest BCUT2D eigenvalue weighted by Crippen LogP contribution is -2.48. The first-order chi connectivity index (χ1) is 10.3. The normalized spacial score (nSPS) is 12.3. The Balaban J connectivity index is 0.00000484. The van der Waals surface area contributed by atoms with Crippen LogP contribution in [0.3, 0.4) is 0 Å². The molecule has 0 bridgehead atoms. The summed E-state index contributed by atoms with van der Waals surface area (Å²) in [6.45, 7) is 11.6. The quantitative estimate of drug-likeness (QED) is 0.799. The van der Waals surface area contributed by atoms with Crippen molar-refractivity contribution in [3.8, 4) is 5.75 Å². The van der Waals surface area contributed by atoms with Gasteiger partial charge in [-0.05, 0) is 37.4 Å². The van der Waals surface area contributed by atoms with Crippen molar-refractivity contribution < 1.29 is 9.53 Å². The number of carbonyl (C=O) groups is 1. The molecular formula is C18H31ClN2O2. The largest absolute Gasteiger partial charge is 0.491 e. The third-order valence-corrected chi connectivity index (χ3v) is 3.79. The summed E-state index contributed by atoms with van der Waals surface area (Å²) in [4.78, 5) is 12.0. The number of carbonyl (C=O) groups excluding carboxylic acids is 1. The zero-order valence-corrected chi connectivity index (χ0v) is 16.0. The molecule has 0 aliphatic carbocycles. The van der Waals surface area contributed by atoms with Gasteiger partial charge in [-0.25, -0.2) is 0 Å². The van der Waals surface area contributed by atoms with Crippen LogP contribution in [0.5, 0.6) is 5.75 Å². The number of hydrogen-bond donors (Lipinski definition) is 2. The minimum atomic E-state index is -0.0636. The van der Waals surface area contributed by atoms with Gasteiger partial charge in [-0.1, -0.05) is 39.0 Å². The highest BCUT2D eigenvalue weighted by atomic mass is 35.5. The van der Waals surface area contributed by atoms with Crippen LogP contribution in [0.4, 0.5) is 0 Å². The molecule has 1 aromatic rings. The average molecular weight is 343 g/mol. The molecule has 0 fully saturated rings. The number of hydrogen-bond acceptors (Lipinski definition) is 3. The van der Waals surface area contributed by atoms with Crippen LogP contribution in [0.25, 0.3) is 0 Å². The molecule has 1 amide bonds. The molecule has 5 heteroatoms. The van der Waals surface area contributed by atoms with E-state index in [2.05, 4.69) is 31.4 Å². The Morgan fingerprint density at radius 3 is 2.26 bits per heavy atom. The predicted octanol–water partition coefficient (Wildman–Crippen LogP) is 3.24. The first kappa shape index (κ1) is 21.7. The van der Waals surface area contributed by atoms with E-state index in [1.807, 2.05) is 39.1 Å². The van der Waals surface area contributed by atoms with Crippen LogP contribution in [-0.2, 0) is 4.79 Å². The Morgan fingerprint density at radius 1 is 1.22 bits per heavy atom. The van der Waals surface area contributed by atoms with Gasteiger partial charge in [0.1, 0.15) is 12.4 Å². The molecule has 4 nitrogen and oxygen atoms in total. The molecule has 1 atom stereocenters. The fraction of sp³-hybridized carbons (Fsp3) is 0.611. The van der Waals surface area contributed by atoms with Crippen LogP contribution in [0, 0.1) is 19.3 Å². The van der Waals surface area contributed by atoms with E-state index < -0.39 is 0 Å². The van der Waals surface area contributed by atoms with E-state index in [4.69, 9.17) is 4.74 Å². The van der Waals surface area contributed by atoms with Gasteiger partial charge in [0.05, 0.1) is 6.04 Å². The lowest BCUT2D eigenvalue weighted by atomic mass is 9.87. The van der Waals surface area contributed by atoms with Crippen molar-refractivity contribution in [2.75, 3.05) is 20.2 Å². The van der Waals surface area contributed by atoms with Crippen molar-refractivity contribution in [2.45, 2.75) is 47.1 Å². The summed E-state index contributed by atoms with van der Waals surface area (Å²) in [5.74, 6) is 0.973. The van der Waals surface area contributed by atoms with Gasteiger partial charge in [0.25, 0.3) is 0 Å². The first-order valence-corrected chi connectivity index (χ1v) is 7.88. The maximum atomic E-state index is 12.0. The smallest absolute Gasteiger partial charge is 0.221 e. The molecule has 23 heavy (non-hydrogen) atoms. The minimum absolute atomic E-state index is 0. The molecular weight excluding hydrogens is 312 g/mol. The standard InChI is InChI=1S/C18H30N2O2.ClH/c1-13-8-7-9-14(2)17(13)22-12-15(18(3,4)5)20-16(21)10-11-19-6;/h7-9,15,19H,10-12H2,1-6H3,(H,20,21);1H. The molecule has 0 radical (unpaired) electrons. The highest BCUT2D eigenvalue weighted by molar-refractivity contribution is 5.85. The van der Waals surface area contributed by atoms with Crippen LogP contribution in [0.2, 0.25) is 0 Å². The molecule has 2 N–H and O–H groups in total. The highest BCUT2D eigenvalue weighted by Crippen LogP contribution is 2.25. The van der Waals surface area contributed by atoms with E-state index in [0.717, 1.165) is 16.9 Å². The summed E-state index contributed by atoms with van der Waals surface area (Å²) in [6.07, 6.45) is 0.479. The first-order valence-electron chi connectivity index (χ1n) is 7.88. The second-order valence-electron chi connectivity index (χ2n) is 6.87. The lowest BCUT2D eigenvalue weighted by Gasteiger charge is -2.32. The van der Waals surface area contributed by atoms with Crippen molar-refractivity contribution in [2.24, 2.45) is 5.41 Å². The van der Waals surface area contributed by atoms with E-state index in [1.165, 1.54) is 0 Å². The fourth-order valence-corrected chi connectivity index (χ4v) is 2.21. The van der Waals surface area contributed by atoms with Gasteiger partial charge in [-0.15, -0.1) is 12.4 Å². The van der Waals surface area contributed by atoms with E-state index >= 15 is 0 Å². The molecule has 1 unspecified atom stereocenters. The Labute approximate surface area is 146 Å². The third-order valence-electron chi connectivity index (χ3n) is 3.79. The molecule has 132 valence electrons. The molecule has 1 rings (SSSR count). The Bertz CT molecular complexity index is 478. The van der Waals surface area contributed by atoms with Crippen LogP contribution < -0.4 is 15.4 Å². The molecule has 1 aromatic carbocycles. The number of amides is 1. The van der Waals surface area contributed by atoms with Gasteiger partial charge in [0, 0.05) is 13.0 Å². The summed E-state index contributed by atoms with van der Waals surface area (Å²) in [5, 5.41) is 6.09. The maximum absolute atomic E-state index is 12.0. The Morgan fingerprint density at radius 2 is 1.78 bits per heavy atom. The van der Waals surface area contributed by atoms with E-state index in [-0.39, 0.29) is 29.8 Å². The SMILES string of the molecule is CNCCC(=O)NC(COc1c(C)cccc1C)C(C)(C)C.Cl. The van der Waals surface area contributed by atoms with Crippen molar-refractivity contribution in [3.63, 3.8) is 0 Å². The second-order valence-corrected chi connectivity index (χ2v) is 6.87. The number of nitrogens with one attached hydrogen (secondary N) is 2. The fourth-order valence-electron chi connectivity index (χ4n) is 2.21. The second kappa shape index (κ2) is 9.78. The van der Waals surface area contributed by atoms with Gasteiger partial charge >= 0.3 is 0 Å². The molecule has 0 heterocycles. The molecule has 0 saturated carbocycles. The number of benzene rings is 1. The van der Waals surface area contributed by atoms with Gasteiger partial charge in [0.2, 0.25) is 5.91 Å². The summed E-state index contributed by atoms with van der Waals surface area (Å²) < 4.78 is 6.03. The topological polar surface area (TPSA) is 50.4 Å². The van der Waals surface area contributed by atoms with E-state index in [1.54, 1.807) is 0 Å². The van der Waals surface area contributed by atoms with Crippen molar-refractivity contribution in [1.82, 2.24) is 10.6 Å². The summed E-state index contributed by atoms with van der Waals surface area (Å²) in [7, 11) is 1.85. The molecule has 0 aliphatic heterocycles. The number of ether oxygens (including phenoxy) is 1. The number of aryl methyl sites for hydroxylation is 2. The predicted molar refractivity (Wildman–Crippen MR) is 98.6 cm³/mol. The monoisotopic (exact) mass is 342 g/mol. The summed E-state index contributed by atoms with van der Waals surface area (Å²) in [5.41, 5.74) is 2.18. The number of para-hydroxylation sites is 1. The summed E-state index contributed by atoms with van der Waals surface area (Å²) in [6, 6.07) is 6.08. The van der Waals surface area contributed by atoms with Crippen molar-refractivity contribution in [1.29, 1.82) is 0 Å². The van der Waals surface area contributed by atoms with Crippen LogP contribution in [0.15, 0.2) is 18.2 Å². The van der Waals surface area contributed by atoms with Gasteiger partial charge in [-0.3, -0.25) is 4.79 Å². The van der Waals surface area contributed by atoms with E-state index in [0.29, 0.717) is 19.6 Å². The minimum Gasteiger partial charge on any atom is -0.491 e. The number of halogens is 1. The van der Waals surface area contributed by atoms with Gasteiger partial charge in [-0.2, -0.15) is 0 Å². The number of rotatable bonds is 7. The van der Waals surface area contributed by atoms with Crippen LogP contribution in [-0.4, -0.2) is 32.1 Å². The summed E-state index contributed by atoms with van der Waals surface area (Å²) >= 11 is 0. The molecule has 0 aliphatic rings. The lowest BCUT2D eigenvalue weighted by molar-refractivity contribution is -0.122. The zero-order valence-electron chi connectivity index (χ0n) is 15.2. The van der Waals surface area contributed by atoms with Crippen molar-refractivity contribution >= 4 is 18.3 Å². The van der Waals surface area contributed by atoms with Crippen LogP contribution in [0.1, 0.15) is 38.3 Å². The molecule has 0 spiro atoms. The molecule has 0 aromatic heterocycles. The van der Waals surface area contributed by atoms with Gasteiger partial charge < -0.3 is 15.4 Å². The van der Waals surface area contributed by atoms with Gasteiger partial charge in [0.15, 0.2) is 0 Å². The zero-order chi connectivity index (χ0) is 16.8. The average Bonchev–Trinajstić information content (AvgIpc) is 2.42.